The summed E-state index contributed by atoms with van der Waals surface area (Å²) in [5.74, 6) is 1.95. The first-order valence-electron chi connectivity index (χ1n) is 7.11. The number of benzene rings is 1. The van der Waals surface area contributed by atoms with Crippen LogP contribution in [-0.4, -0.2) is 28.5 Å². The van der Waals surface area contributed by atoms with Crippen LogP contribution in [0, 0.1) is 0 Å². The van der Waals surface area contributed by atoms with E-state index >= 15 is 0 Å². The molecule has 6 nitrogen and oxygen atoms in total. The zero-order valence-electron chi connectivity index (χ0n) is 12.5. The summed E-state index contributed by atoms with van der Waals surface area (Å²) < 4.78 is 16.3. The molecule has 2 rings (SSSR count). The van der Waals surface area contributed by atoms with Gasteiger partial charge in [0.05, 0.1) is 13.2 Å². The molecule has 0 saturated heterocycles. The van der Waals surface area contributed by atoms with Crippen molar-refractivity contribution in [2.45, 2.75) is 33.3 Å². The van der Waals surface area contributed by atoms with Crippen molar-refractivity contribution in [3.05, 3.63) is 24.0 Å². The van der Waals surface area contributed by atoms with Crippen molar-refractivity contribution in [1.82, 2.24) is 10.1 Å². The zero-order valence-corrected chi connectivity index (χ0v) is 12.5. The van der Waals surface area contributed by atoms with E-state index in [0.717, 1.165) is 5.56 Å². The van der Waals surface area contributed by atoms with E-state index in [-0.39, 0.29) is 0 Å². The van der Waals surface area contributed by atoms with E-state index in [9.17, 15) is 5.11 Å². The number of ether oxygens (including phenoxy) is 2. The molecule has 1 unspecified atom stereocenters. The van der Waals surface area contributed by atoms with E-state index in [1.807, 2.05) is 32.9 Å². The molecule has 0 aliphatic rings. The SMILES string of the molecule is CCOc1ccc(-c2nc(C(O)CC)no2)cc1OCC. The van der Waals surface area contributed by atoms with E-state index in [1.165, 1.54) is 0 Å². The van der Waals surface area contributed by atoms with Crippen LogP contribution in [0.4, 0.5) is 0 Å². The van der Waals surface area contributed by atoms with Crippen LogP contribution >= 0.6 is 0 Å². The molecule has 0 aliphatic carbocycles. The Kier molecular flexibility index (Phi) is 5.16. The average molecular weight is 292 g/mol. The Hall–Kier alpha value is -2.08. The van der Waals surface area contributed by atoms with Gasteiger partial charge in [-0.2, -0.15) is 4.98 Å². The molecule has 0 bridgehead atoms. The van der Waals surface area contributed by atoms with Crippen molar-refractivity contribution < 1.29 is 19.1 Å². The lowest BCUT2D eigenvalue weighted by atomic mass is 10.2. The highest BCUT2D eigenvalue weighted by Crippen LogP contribution is 2.32. The largest absolute Gasteiger partial charge is 0.490 e. The fraction of sp³-hybridized carbons (Fsp3) is 0.467. The van der Waals surface area contributed by atoms with Gasteiger partial charge in [0.25, 0.3) is 5.89 Å². The number of hydrogen-bond acceptors (Lipinski definition) is 6. The van der Waals surface area contributed by atoms with Crippen LogP contribution < -0.4 is 9.47 Å². The molecule has 114 valence electrons. The maximum Gasteiger partial charge on any atom is 0.258 e. The minimum atomic E-state index is -0.712. The van der Waals surface area contributed by atoms with Gasteiger partial charge in [0.1, 0.15) is 6.10 Å². The minimum Gasteiger partial charge on any atom is -0.490 e. The Morgan fingerprint density at radius 1 is 1.14 bits per heavy atom. The molecule has 0 radical (unpaired) electrons. The Morgan fingerprint density at radius 3 is 2.52 bits per heavy atom. The molecule has 0 fully saturated rings. The first-order valence-corrected chi connectivity index (χ1v) is 7.11. The van der Waals surface area contributed by atoms with Gasteiger partial charge in [-0.05, 0) is 38.5 Å². The second kappa shape index (κ2) is 7.08. The van der Waals surface area contributed by atoms with E-state index in [2.05, 4.69) is 10.1 Å². The summed E-state index contributed by atoms with van der Waals surface area (Å²) in [5.41, 5.74) is 0.726. The molecule has 0 saturated carbocycles. The van der Waals surface area contributed by atoms with Crippen molar-refractivity contribution >= 4 is 0 Å². The Balaban J connectivity index is 2.31. The standard InChI is InChI=1S/C15H20N2O4/c1-4-11(18)14-16-15(21-17-14)10-7-8-12(19-5-2)13(9-10)20-6-3/h7-9,11,18H,4-6H2,1-3H3. The third-order valence-electron chi connectivity index (χ3n) is 2.92. The topological polar surface area (TPSA) is 77.6 Å². The third kappa shape index (κ3) is 3.52. The fourth-order valence-corrected chi connectivity index (χ4v) is 1.85. The second-order valence-electron chi connectivity index (χ2n) is 4.41. The van der Waals surface area contributed by atoms with Gasteiger partial charge in [-0.15, -0.1) is 0 Å². The highest BCUT2D eigenvalue weighted by Gasteiger charge is 2.16. The lowest BCUT2D eigenvalue weighted by Gasteiger charge is -2.11. The summed E-state index contributed by atoms with van der Waals surface area (Å²) in [7, 11) is 0. The molecule has 1 aromatic heterocycles. The van der Waals surface area contributed by atoms with Crippen molar-refractivity contribution in [3.63, 3.8) is 0 Å². The molecule has 0 spiro atoms. The van der Waals surface area contributed by atoms with E-state index in [0.29, 0.717) is 42.8 Å². The normalized spacial score (nSPS) is 12.2. The molecule has 0 amide bonds. The number of aliphatic hydroxyl groups is 1. The van der Waals surface area contributed by atoms with E-state index in [1.54, 1.807) is 6.07 Å². The average Bonchev–Trinajstić information content (AvgIpc) is 2.98. The first-order chi connectivity index (χ1) is 10.2. The van der Waals surface area contributed by atoms with Crippen LogP contribution in [0.2, 0.25) is 0 Å². The molecule has 6 heteroatoms. The smallest absolute Gasteiger partial charge is 0.258 e. The van der Waals surface area contributed by atoms with Gasteiger partial charge in [-0.3, -0.25) is 0 Å². The predicted octanol–water partition coefficient (Wildman–Crippen LogP) is 2.98. The summed E-state index contributed by atoms with van der Waals surface area (Å²) >= 11 is 0. The van der Waals surface area contributed by atoms with Crippen molar-refractivity contribution in [1.29, 1.82) is 0 Å². The van der Waals surface area contributed by atoms with E-state index in [4.69, 9.17) is 14.0 Å². The van der Waals surface area contributed by atoms with Crippen LogP contribution in [0.5, 0.6) is 11.5 Å². The maximum absolute atomic E-state index is 9.71. The van der Waals surface area contributed by atoms with Crippen LogP contribution in [0.25, 0.3) is 11.5 Å². The predicted molar refractivity (Wildman–Crippen MR) is 77.3 cm³/mol. The molecular formula is C15H20N2O4. The summed E-state index contributed by atoms with van der Waals surface area (Å²) in [6.07, 6.45) is -0.177. The van der Waals surface area contributed by atoms with Gasteiger partial charge in [0.15, 0.2) is 11.5 Å². The second-order valence-corrected chi connectivity index (χ2v) is 4.41. The van der Waals surface area contributed by atoms with Crippen LogP contribution in [0.15, 0.2) is 22.7 Å². The number of aliphatic hydroxyl groups excluding tert-OH is 1. The number of hydrogen-bond donors (Lipinski definition) is 1. The lowest BCUT2D eigenvalue weighted by molar-refractivity contribution is 0.159. The Morgan fingerprint density at radius 2 is 1.86 bits per heavy atom. The Bertz CT molecular complexity index is 583. The summed E-state index contributed by atoms with van der Waals surface area (Å²) in [5, 5.41) is 13.5. The maximum atomic E-state index is 9.71. The van der Waals surface area contributed by atoms with Crippen molar-refractivity contribution in [2.75, 3.05) is 13.2 Å². The van der Waals surface area contributed by atoms with E-state index < -0.39 is 6.10 Å². The van der Waals surface area contributed by atoms with Crippen LogP contribution in [0.1, 0.15) is 39.1 Å². The van der Waals surface area contributed by atoms with Gasteiger partial charge < -0.3 is 19.1 Å². The van der Waals surface area contributed by atoms with Crippen molar-refractivity contribution in [2.24, 2.45) is 0 Å². The number of aromatic nitrogens is 2. The highest BCUT2D eigenvalue weighted by atomic mass is 16.5. The van der Waals surface area contributed by atoms with Crippen LogP contribution in [-0.2, 0) is 0 Å². The molecule has 21 heavy (non-hydrogen) atoms. The molecule has 1 heterocycles. The van der Waals surface area contributed by atoms with Crippen LogP contribution in [0.3, 0.4) is 0 Å². The fourth-order valence-electron chi connectivity index (χ4n) is 1.85. The van der Waals surface area contributed by atoms with Gasteiger partial charge in [0.2, 0.25) is 5.82 Å². The van der Waals surface area contributed by atoms with Gasteiger partial charge in [-0.1, -0.05) is 12.1 Å². The molecule has 1 N–H and O–H groups in total. The highest BCUT2D eigenvalue weighted by molar-refractivity contribution is 5.59. The molecule has 2 aromatic rings. The third-order valence-corrected chi connectivity index (χ3v) is 2.92. The molecule has 1 aromatic carbocycles. The quantitative estimate of drug-likeness (QED) is 0.845. The number of nitrogens with zero attached hydrogens (tertiary/aromatic N) is 2. The van der Waals surface area contributed by atoms with Gasteiger partial charge in [0, 0.05) is 5.56 Å². The summed E-state index contributed by atoms with van der Waals surface area (Å²) in [4.78, 5) is 4.20. The summed E-state index contributed by atoms with van der Waals surface area (Å²) in [6.45, 7) is 6.77. The zero-order chi connectivity index (χ0) is 15.2. The summed E-state index contributed by atoms with van der Waals surface area (Å²) in [6, 6.07) is 5.43. The van der Waals surface area contributed by atoms with Gasteiger partial charge >= 0.3 is 0 Å². The molecule has 0 aliphatic heterocycles. The molecular weight excluding hydrogens is 272 g/mol. The Labute approximate surface area is 123 Å². The lowest BCUT2D eigenvalue weighted by Crippen LogP contribution is -1.99. The first kappa shape index (κ1) is 15.3. The monoisotopic (exact) mass is 292 g/mol. The van der Waals surface area contributed by atoms with Crippen molar-refractivity contribution in [3.8, 4) is 23.0 Å². The van der Waals surface area contributed by atoms with Gasteiger partial charge in [-0.25, -0.2) is 0 Å². The number of rotatable bonds is 7. The molecule has 1 atom stereocenters. The minimum absolute atomic E-state index is 0.291.